The predicted octanol–water partition coefficient (Wildman–Crippen LogP) is 1.29. The lowest BCUT2D eigenvalue weighted by molar-refractivity contribution is 0.280. The molecule has 2 rings (SSSR count). The van der Waals surface area contributed by atoms with Gasteiger partial charge in [0.05, 0.1) is 6.61 Å². The minimum atomic E-state index is -4.12. The van der Waals surface area contributed by atoms with Crippen LogP contribution in [0.5, 0.6) is 0 Å². The molecule has 2 N–H and O–H groups in total. The Balaban J connectivity index is 2.46. The minimum Gasteiger partial charge on any atom is -0.392 e. The van der Waals surface area contributed by atoms with E-state index in [0.29, 0.717) is 12.8 Å². The summed E-state index contributed by atoms with van der Waals surface area (Å²) in [6.07, 6.45) is 1.33. The van der Waals surface area contributed by atoms with Crippen LogP contribution in [0.1, 0.15) is 25.3 Å². The number of aliphatic hydroxyl groups excluding tert-OH is 1. The number of sulfonamides is 1. The second-order valence-corrected chi connectivity index (χ2v) is 6.36. The maximum Gasteiger partial charge on any atom is 0.244 e. The lowest BCUT2D eigenvalue weighted by Gasteiger charge is -2.13. The molecule has 4 nitrogen and oxygen atoms in total. The molecule has 0 radical (unpaired) electrons. The average molecular weight is 277 g/mol. The van der Waals surface area contributed by atoms with E-state index in [0.717, 1.165) is 12.1 Å². The van der Waals surface area contributed by atoms with Crippen molar-refractivity contribution in [2.24, 2.45) is 0 Å². The summed E-state index contributed by atoms with van der Waals surface area (Å²) in [6, 6.07) is 1.71. The van der Waals surface area contributed by atoms with Gasteiger partial charge in [-0.2, -0.15) is 0 Å². The van der Waals surface area contributed by atoms with E-state index in [4.69, 9.17) is 5.11 Å². The third kappa shape index (κ3) is 2.52. The van der Waals surface area contributed by atoms with Crippen molar-refractivity contribution in [1.29, 1.82) is 0 Å². The van der Waals surface area contributed by atoms with Gasteiger partial charge in [-0.05, 0) is 37.5 Å². The molecule has 1 aromatic carbocycles. The average Bonchev–Trinajstić information content (AvgIpc) is 2.98. The van der Waals surface area contributed by atoms with Crippen LogP contribution in [0, 0.1) is 11.6 Å². The van der Waals surface area contributed by atoms with Gasteiger partial charge in [-0.15, -0.1) is 0 Å². The molecule has 7 heteroatoms. The molecule has 18 heavy (non-hydrogen) atoms. The number of rotatable bonds is 4. The molecular weight excluding hydrogens is 264 g/mol. The molecule has 0 aliphatic heterocycles. The topological polar surface area (TPSA) is 66.4 Å². The largest absolute Gasteiger partial charge is 0.392 e. The fourth-order valence-corrected chi connectivity index (χ4v) is 3.18. The highest BCUT2D eigenvalue weighted by molar-refractivity contribution is 7.89. The van der Waals surface area contributed by atoms with Crippen molar-refractivity contribution in [1.82, 2.24) is 4.72 Å². The van der Waals surface area contributed by atoms with Gasteiger partial charge < -0.3 is 5.11 Å². The van der Waals surface area contributed by atoms with Crippen LogP contribution in [0.2, 0.25) is 0 Å². The Morgan fingerprint density at radius 2 is 2.00 bits per heavy atom. The monoisotopic (exact) mass is 277 g/mol. The molecule has 0 unspecified atom stereocenters. The SMILES string of the molecule is CC1(NS(=O)(=O)c2cc(CO)cc(F)c2F)CC1. The zero-order valence-corrected chi connectivity index (χ0v) is 10.5. The Morgan fingerprint density at radius 1 is 1.39 bits per heavy atom. The highest BCUT2D eigenvalue weighted by atomic mass is 32.2. The molecule has 1 aliphatic rings. The summed E-state index contributed by atoms with van der Waals surface area (Å²) in [5.74, 6) is -2.72. The fourth-order valence-electron chi connectivity index (χ4n) is 1.57. The summed E-state index contributed by atoms with van der Waals surface area (Å²) in [6.45, 7) is 1.13. The van der Waals surface area contributed by atoms with Gasteiger partial charge in [0.1, 0.15) is 4.90 Å². The Kier molecular flexibility index (Phi) is 3.16. The second-order valence-electron chi connectivity index (χ2n) is 4.71. The van der Waals surface area contributed by atoms with E-state index >= 15 is 0 Å². The number of hydrogen-bond acceptors (Lipinski definition) is 3. The molecule has 1 aromatic rings. The van der Waals surface area contributed by atoms with Gasteiger partial charge in [-0.25, -0.2) is 21.9 Å². The molecule has 0 amide bonds. The van der Waals surface area contributed by atoms with Crippen LogP contribution in [-0.4, -0.2) is 19.1 Å². The summed E-state index contributed by atoms with van der Waals surface area (Å²) < 4.78 is 52.9. The van der Waals surface area contributed by atoms with Gasteiger partial charge in [0, 0.05) is 5.54 Å². The van der Waals surface area contributed by atoms with Crippen LogP contribution < -0.4 is 4.72 Å². The van der Waals surface area contributed by atoms with Crippen molar-refractivity contribution < 1.29 is 22.3 Å². The molecule has 1 aliphatic carbocycles. The first kappa shape index (κ1) is 13.4. The maximum absolute atomic E-state index is 13.5. The van der Waals surface area contributed by atoms with Crippen molar-refractivity contribution in [3.8, 4) is 0 Å². The molecule has 0 heterocycles. The highest BCUT2D eigenvalue weighted by Crippen LogP contribution is 2.36. The van der Waals surface area contributed by atoms with Crippen LogP contribution in [0.3, 0.4) is 0 Å². The summed E-state index contributed by atoms with van der Waals surface area (Å²) in [4.78, 5) is -0.764. The number of halogens is 2. The standard InChI is InChI=1S/C11H13F2NO3S/c1-11(2-3-11)14-18(16,17)9-5-7(6-15)4-8(12)10(9)13/h4-5,14-15H,2-3,6H2,1H3. The molecule has 0 spiro atoms. The Hall–Kier alpha value is -1.05. The molecule has 1 saturated carbocycles. The van der Waals surface area contributed by atoms with Gasteiger partial charge in [-0.3, -0.25) is 0 Å². The van der Waals surface area contributed by atoms with Crippen molar-refractivity contribution in [3.05, 3.63) is 29.3 Å². The minimum absolute atomic E-state index is 0.00947. The molecule has 0 bridgehead atoms. The van der Waals surface area contributed by atoms with Gasteiger partial charge in [0.2, 0.25) is 10.0 Å². The first-order chi connectivity index (χ1) is 8.27. The third-order valence-corrected chi connectivity index (χ3v) is 4.55. The maximum atomic E-state index is 13.5. The van der Waals surface area contributed by atoms with Crippen LogP contribution >= 0.6 is 0 Å². The summed E-state index contributed by atoms with van der Waals surface area (Å²) in [5, 5.41) is 8.88. The first-order valence-corrected chi connectivity index (χ1v) is 6.88. The molecular formula is C11H13F2NO3S. The van der Waals surface area contributed by atoms with Crippen LogP contribution in [-0.2, 0) is 16.6 Å². The van der Waals surface area contributed by atoms with Crippen LogP contribution in [0.15, 0.2) is 17.0 Å². The quantitative estimate of drug-likeness (QED) is 0.871. The van der Waals surface area contributed by atoms with Crippen molar-refractivity contribution >= 4 is 10.0 Å². The number of hydrogen-bond donors (Lipinski definition) is 2. The summed E-state index contributed by atoms with van der Waals surface area (Å²) >= 11 is 0. The smallest absolute Gasteiger partial charge is 0.244 e. The molecule has 0 aromatic heterocycles. The Bertz CT molecular complexity index is 582. The van der Waals surface area contributed by atoms with Crippen molar-refractivity contribution in [2.45, 2.75) is 36.8 Å². The van der Waals surface area contributed by atoms with E-state index < -0.39 is 38.7 Å². The first-order valence-electron chi connectivity index (χ1n) is 5.40. The number of benzene rings is 1. The van der Waals surface area contributed by atoms with Gasteiger partial charge in [0.25, 0.3) is 0 Å². The van der Waals surface area contributed by atoms with Gasteiger partial charge in [0.15, 0.2) is 11.6 Å². The van der Waals surface area contributed by atoms with E-state index in [1.165, 1.54) is 0 Å². The summed E-state index contributed by atoms with van der Waals surface area (Å²) in [5.41, 5.74) is -0.563. The van der Waals surface area contributed by atoms with Gasteiger partial charge in [-0.1, -0.05) is 0 Å². The highest BCUT2D eigenvalue weighted by Gasteiger charge is 2.42. The second kappa shape index (κ2) is 4.25. The van der Waals surface area contributed by atoms with Crippen molar-refractivity contribution in [3.63, 3.8) is 0 Å². The van der Waals surface area contributed by atoms with Crippen LogP contribution in [0.4, 0.5) is 8.78 Å². The zero-order valence-electron chi connectivity index (χ0n) is 9.70. The van der Waals surface area contributed by atoms with Gasteiger partial charge >= 0.3 is 0 Å². The number of nitrogens with one attached hydrogen (secondary N) is 1. The summed E-state index contributed by atoms with van der Waals surface area (Å²) in [7, 11) is -4.12. The Morgan fingerprint density at radius 3 is 2.50 bits per heavy atom. The Labute approximate surface area is 104 Å². The zero-order chi connectivity index (χ0) is 13.6. The van der Waals surface area contributed by atoms with Crippen molar-refractivity contribution in [2.75, 3.05) is 0 Å². The van der Waals surface area contributed by atoms with Crippen LogP contribution in [0.25, 0.3) is 0 Å². The molecule has 0 atom stereocenters. The predicted molar refractivity (Wildman–Crippen MR) is 60.2 cm³/mol. The lowest BCUT2D eigenvalue weighted by atomic mass is 10.2. The normalized spacial score (nSPS) is 17.8. The molecule has 100 valence electrons. The van der Waals surface area contributed by atoms with E-state index in [2.05, 4.69) is 4.72 Å². The van der Waals surface area contributed by atoms with E-state index in [-0.39, 0.29) is 5.56 Å². The third-order valence-electron chi connectivity index (χ3n) is 2.91. The number of aliphatic hydroxyl groups is 1. The van der Waals surface area contributed by atoms with E-state index in [1.54, 1.807) is 6.92 Å². The molecule has 1 fully saturated rings. The van der Waals surface area contributed by atoms with E-state index in [1.807, 2.05) is 0 Å². The fraction of sp³-hybridized carbons (Fsp3) is 0.455. The van der Waals surface area contributed by atoms with E-state index in [9.17, 15) is 17.2 Å². The molecule has 0 saturated heterocycles. The lowest BCUT2D eigenvalue weighted by Crippen LogP contribution is -2.34.